The van der Waals surface area contributed by atoms with Gasteiger partial charge >= 0.3 is 6.03 Å². The van der Waals surface area contributed by atoms with Crippen LogP contribution in [0, 0.1) is 6.92 Å². The van der Waals surface area contributed by atoms with E-state index < -0.39 is 11.6 Å². The summed E-state index contributed by atoms with van der Waals surface area (Å²) in [7, 11) is 0. The quantitative estimate of drug-likeness (QED) is 0.801. The normalized spacial score (nSPS) is 22.0. The molecule has 2 amide bonds. The SMILES string of the molecule is Cc1cccc(NC(=O)N2CCC(O)C2(C)C)c1. The average Bonchev–Trinajstić information content (AvgIpc) is 2.54. The van der Waals surface area contributed by atoms with E-state index in [1.165, 1.54) is 0 Å². The van der Waals surface area contributed by atoms with Crippen molar-refractivity contribution in [2.75, 3.05) is 11.9 Å². The monoisotopic (exact) mass is 248 g/mol. The molecule has 4 nitrogen and oxygen atoms in total. The van der Waals surface area contributed by atoms with Gasteiger partial charge in [0.15, 0.2) is 0 Å². The summed E-state index contributed by atoms with van der Waals surface area (Å²) in [6, 6.07) is 7.54. The first-order valence-corrected chi connectivity index (χ1v) is 6.24. The number of aliphatic hydroxyl groups excluding tert-OH is 1. The zero-order valence-electron chi connectivity index (χ0n) is 11.1. The van der Waals surface area contributed by atoms with E-state index in [-0.39, 0.29) is 6.03 Å². The maximum absolute atomic E-state index is 12.2. The Morgan fingerprint density at radius 3 is 2.78 bits per heavy atom. The molecule has 2 rings (SSSR count). The fourth-order valence-electron chi connectivity index (χ4n) is 2.35. The molecular weight excluding hydrogens is 228 g/mol. The lowest BCUT2D eigenvalue weighted by atomic mass is 9.99. The summed E-state index contributed by atoms with van der Waals surface area (Å²) in [5.74, 6) is 0. The molecule has 1 saturated heterocycles. The van der Waals surface area contributed by atoms with Crippen molar-refractivity contribution in [3.05, 3.63) is 29.8 Å². The summed E-state index contributed by atoms with van der Waals surface area (Å²) < 4.78 is 0. The minimum absolute atomic E-state index is 0.151. The number of likely N-dealkylation sites (tertiary alicyclic amines) is 1. The predicted molar refractivity (Wildman–Crippen MR) is 71.6 cm³/mol. The van der Waals surface area contributed by atoms with Crippen molar-refractivity contribution in [1.29, 1.82) is 0 Å². The highest BCUT2D eigenvalue weighted by molar-refractivity contribution is 5.90. The highest BCUT2D eigenvalue weighted by atomic mass is 16.3. The second-order valence-corrected chi connectivity index (χ2v) is 5.41. The van der Waals surface area contributed by atoms with Crippen LogP contribution in [-0.2, 0) is 0 Å². The molecule has 0 spiro atoms. The Morgan fingerprint density at radius 2 is 2.22 bits per heavy atom. The number of nitrogens with one attached hydrogen (secondary N) is 1. The number of nitrogens with zero attached hydrogens (tertiary/aromatic N) is 1. The van der Waals surface area contributed by atoms with Gasteiger partial charge in [0.25, 0.3) is 0 Å². The van der Waals surface area contributed by atoms with Crippen molar-refractivity contribution in [2.45, 2.75) is 38.8 Å². The summed E-state index contributed by atoms with van der Waals surface area (Å²) in [5, 5.41) is 12.7. The van der Waals surface area contributed by atoms with E-state index in [2.05, 4.69) is 5.32 Å². The smallest absolute Gasteiger partial charge is 0.322 e. The number of amides is 2. The van der Waals surface area contributed by atoms with Crippen molar-refractivity contribution in [1.82, 2.24) is 4.90 Å². The molecule has 0 saturated carbocycles. The second-order valence-electron chi connectivity index (χ2n) is 5.41. The molecule has 18 heavy (non-hydrogen) atoms. The van der Waals surface area contributed by atoms with Crippen molar-refractivity contribution in [3.63, 3.8) is 0 Å². The molecule has 2 N–H and O–H groups in total. The van der Waals surface area contributed by atoms with Crippen LogP contribution in [-0.4, -0.2) is 34.2 Å². The Balaban J connectivity index is 2.09. The Kier molecular flexibility index (Phi) is 3.30. The highest BCUT2D eigenvalue weighted by Crippen LogP contribution is 2.29. The Hall–Kier alpha value is -1.55. The third-order valence-corrected chi connectivity index (χ3v) is 3.65. The Labute approximate surface area is 108 Å². The van der Waals surface area contributed by atoms with Crippen molar-refractivity contribution in [3.8, 4) is 0 Å². The number of benzene rings is 1. The topological polar surface area (TPSA) is 52.6 Å². The maximum atomic E-state index is 12.2. The molecule has 98 valence electrons. The van der Waals surface area contributed by atoms with E-state index in [1.54, 1.807) is 4.90 Å². The number of carbonyl (C=O) groups excluding carboxylic acids is 1. The molecule has 1 fully saturated rings. The Morgan fingerprint density at radius 1 is 1.50 bits per heavy atom. The minimum atomic E-state index is -0.506. The molecule has 1 atom stereocenters. The summed E-state index contributed by atoms with van der Waals surface area (Å²) in [5.41, 5.74) is 1.39. The highest BCUT2D eigenvalue weighted by Gasteiger charge is 2.42. The summed E-state index contributed by atoms with van der Waals surface area (Å²) >= 11 is 0. The van der Waals surface area contributed by atoms with Crippen molar-refractivity contribution in [2.24, 2.45) is 0 Å². The lowest BCUT2D eigenvalue weighted by Gasteiger charge is -2.33. The van der Waals surface area contributed by atoms with E-state index in [4.69, 9.17) is 0 Å². The van der Waals surface area contributed by atoms with Crippen LogP contribution in [0.25, 0.3) is 0 Å². The molecule has 1 heterocycles. The lowest BCUT2D eigenvalue weighted by molar-refractivity contribution is 0.0733. The Bertz CT molecular complexity index is 457. The van der Waals surface area contributed by atoms with E-state index in [0.29, 0.717) is 13.0 Å². The first-order chi connectivity index (χ1) is 8.41. The molecule has 0 bridgehead atoms. The molecule has 1 unspecified atom stereocenters. The largest absolute Gasteiger partial charge is 0.391 e. The van der Waals surface area contributed by atoms with Gasteiger partial charge < -0.3 is 15.3 Å². The standard InChI is InChI=1S/C14H20N2O2/c1-10-5-4-6-11(9-10)15-13(18)16-8-7-12(17)14(16,2)3/h4-6,9,12,17H,7-8H2,1-3H3,(H,15,18). The van der Waals surface area contributed by atoms with Gasteiger partial charge in [0.1, 0.15) is 0 Å². The van der Waals surface area contributed by atoms with Gasteiger partial charge in [0.2, 0.25) is 0 Å². The van der Waals surface area contributed by atoms with Crippen LogP contribution in [0.15, 0.2) is 24.3 Å². The number of carbonyl (C=O) groups is 1. The number of urea groups is 1. The number of aliphatic hydroxyl groups is 1. The molecule has 0 radical (unpaired) electrons. The van der Waals surface area contributed by atoms with Gasteiger partial charge in [-0.3, -0.25) is 0 Å². The molecule has 1 aliphatic heterocycles. The second kappa shape index (κ2) is 4.61. The van der Waals surface area contributed by atoms with Crippen LogP contribution in [0.5, 0.6) is 0 Å². The van der Waals surface area contributed by atoms with Crippen LogP contribution in [0.1, 0.15) is 25.8 Å². The van der Waals surface area contributed by atoms with Gasteiger partial charge in [-0.05, 0) is 44.9 Å². The fraction of sp³-hybridized carbons (Fsp3) is 0.500. The summed E-state index contributed by atoms with van der Waals surface area (Å²) in [4.78, 5) is 13.9. The van der Waals surface area contributed by atoms with Crippen LogP contribution in [0.3, 0.4) is 0 Å². The summed E-state index contributed by atoms with van der Waals surface area (Å²) in [6.45, 7) is 6.35. The third kappa shape index (κ3) is 2.34. The molecule has 4 heteroatoms. The van der Waals surface area contributed by atoms with Crippen molar-refractivity contribution < 1.29 is 9.90 Å². The van der Waals surface area contributed by atoms with Gasteiger partial charge in [-0.1, -0.05) is 12.1 Å². The molecule has 1 aromatic rings. The number of aryl methyl sites for hydroxylation is 1. The lowest BCUT2D eigenvalue weighted by Crippen LogP contribution is -2.49. The average molecular weight is 248 g/mol. The molecule has 0 aromatic heterocycles. The summed E-state index contributed by atoms with van der Waals surface area (Å²) in [6.07, 6.45) is 0.176. The molecule has 1 aliphatic rings. The zero-order chi connectivity index (χ0) is 13.3. The number of rotatable bonds is 1. The predicted octanol–water partition coefficient (Wildman–Crippen LogP) is 2.37. The van der Waals surface area contributed by atoms with Gasteiger partial charge in [-0.2, -0.15) is 0 Å². The van der Waals surface area contributed by atoms with Crippen LogP contribution < -0.4 is 5.32 Å². The van der Waals surface area contributed by atoms with Crippen LogP contribution in [0.2, 0.25) is 0 Å². The number of hydrogen-bond acceptors (Lipinski definition) is 2. The minimum Gasteiger partial charge on any atom is -0.391 e. The molecule has 0 aliphatic carbocycles. The molecular formula is C14H20N2O2. The van der Waals surface area contributed by atoms with E-state index >= 15 is 0 Å². The van der Waals surface area contributed by atoms with Gasteiger partial charge in [-0.15, -0.1) is 0 Å². The van der Waals surface area contributed by atoms with Gasteiger partial charge in [0, 0.05) is 12.2 Å². The third-order valence-electron chi connectivity index (χ3n) is 3.65. The van der Waals surface area contributed by atoms with Crippen LogP contribution in [0.4, 0.5) is 10.5 Å². The van der Waals surface area contributed by atoms with Gasteiger partial charge in [0.05, 0.1) is 11.6 Å². The maximum Gasteiger partial charge on any atom is 0.322 e. The number of hydrogen-bond donors (Lipinski definition) is 2. The van der Waals surface area contributed by atoms with Crippen molar-refractivity contribution >= 4 is 11.7 Å². The fourth-order valence-corrected chi connectivity index (χ4v) is 2.35. The first kappa shape index (κ1) is 12.9. The van der Waals surface area contributed by atoms with E-state index in [1.807, 2.05) is 45.0 Å². The van der Waals surface area contributed by atoms with Gasteiger partial charge in [-0.25, -0.2) is 4.79 Å². The van der Waals surface area contributed by atoms with E-state index in [0.717, 1.165) is 11.3 Å². The van der Waals surface area contributed by atoms with Crippen LogP contribution >= 0.6 is 0 Å². The first-order valence-electron chi connectivity index (χ1n) is 6.24. The number of anilines is 1. The zero-order valence-corrected chi connectivity index (χ0v) is 11.1. The molecule has 1 aromatic carbocycles. The van der Waals surface area contributed by atoms with E-state index in [9.17, 15) is 9.90 Å².